The maximum absolute atomic E-state index is 13.6. The van der Waals surface area contributed by atoms with Gasteiger partial charge < -0.3 is 4.74 Å². The molecule has 1 aliphatic carbocycles. The number of allylic oxidation sites excluding steroid dienone is 2. The second-order valence-corrected chi connectivity index (χ2v) is 8.43. The van der Waals surface area contributed by atoms with Gasteiger partial charge in [-0.15, -0.1) is 0 Å². The van der Waals surface area contributed by atoms with E-state index in [4.69, 9.17) is 4.74 Å². The molecule has 3 amide bonds. The third-order valence-electron chi connectivity index (χ3n) is 6.36. The second kappa shape index (κ2) is 9.49. The monoisotopic (exact) mass is 477 g/mol. The van der Waals surface area contributed by atoms with Crippen molar-refractivity contribution in [2.75, 3.05) is 13.7 Å². The van der Waals surface area contributed by atoms with E-state index in [2.05, 4.69) is 0 Å². The third-order valence-corrected chi connectivity index (χ3v) is 6.36. The largest absolute Gasteiger partial charge is 0.497 e. The van der Waals surface area contributed by atoms with E-state index < -0.39 is 52.5 Å². The first-order chi connectivity index (χ1) is 16.7. The number of nitrogens with zero attached hydrogens (tertiary/aromatic N) is 3. The van der Waals surface area contributed by atoms with Crippen LogP contribution in [0, 0.1) is 27.9 Å². The van der Waals surface area contributed by atoms with Crippen LogP contribution in [0.2, 0.25) is 0 Å². The topological polar surface area (TPSA) is 127 Å². The van der Waals surface area contributed by atoms with Crippen LogP contribution >= 0.6 is 0 Å². The number of methoxy groups -OCH3 is 1. The summed E-state index contributed by atoms with van der Waals surface area (Å²) >= 11 is 0. The number of nitro groups is 1. The summed E-state index contributed by atoms with van der Waals surface area (Å²) in [6.45, 7) is 1.15. The van der Waals surface area contributed by atoms with Gasteiger partial charge in [-0.1, -0.05) is 31.2 Å². The quantitative estimate of drug-likeness (QED) is 0.197. The lowest BCUT2D eigenvalue weighted by molar-refractivity contribution is -0.385. The molecule has 180 valence electrons. The number of fused-ring (bicyclic) bond motifs is 1. The van der Waals surface area contributed by atoms with Crippen LogP contribution in [-0.4, -0.2) is 52.1 Å². The molecular weight excluding hydrogens is 454 g/mol. The van der Waals surface area contributed by atoms with Gasteiger partial charge in [0.15, 0.2) is 5.78 Å². The lowest BCUT2D eigenvalue weighted by Crippen LogP contribution is -2.52. The molecule has 0 N–H and O–H groups in total. The Labute approximate surface area is 200 Å². The molecule has 3 atom stereocenters. The van der Waals surface area contributed by atoms with Crippen LogP contribution in [0.3, 0.4) is 0 Å². The zero-order chi connectivity index (χ0) is 25.3. The molecule has 35 heavy (non-hydrogen) atoms. The number of ether oxygens (including phenoxy) is 1. The molecule has 1 saturated heterocycles. The predicted molar refractivity (Wildman–Crippen MR) is 123 cm³/mol. The van der Waals surface area contributed by atoms with Crippen molar-refractivity contribution in [3.05, 3.63) is 81.9 Å². The van der Waals surface area contributed by atoms with Crippen molar-refractivity contribution >= 4 is 29.2 Å². The number of rotatable bonds is 7. The number of ketones is 1. The number of carbonyl (C=O) groups excluding carboxylic acids is 4. The molecule has 0 bridgehead atoms. The first kappa shape index (κ1) is 23.8. The van der Waals surface area contributed by atoms with Crippen LogP contribution in [0.5, 0.6) is 5.75 Å². The van der Waals surface area contributed by atoms with E-state index in [-0.39, 0.29) is 17.0 Å². The lowest BCUT2D eigenvalue weighted by Gasteiger charge is -2.30. The minimum Gasteiger partial charge on any atom is -0.497 e. The van der Waals surface area contributed by atoms with Crippen LogP contribution in [0.1, 0.15) is 34.1 Å². The number of hydrogen-bond donors (Lipinski definition) is 0. The Kier molecular flexibility index (Phi) is 6.46. The Morgan fingerprint density at radius 1 is 1.11 bits per heavy atom. The predicted octanol–water partition coefficient (Wildman–Crippen LogP) is 3.04. The van der Waals surface area contributed by atoms with Crippen molar-refractivity contribution in [3.63, 3.8) is 0 Å². The molecule has 0 aromatic heterocycles. The summed E-state index contributed by atoms with van der Waals surface area (Å²) in [6, 6.07) is 11.3. The molecule has 10 nitrogen and oxygen atoms in total. The second-order valence-electron chi connectivity index (χ2n) is 8.43. The Hall–Kier alpha value is -4.34. The highest BCUT2D eigenvalue weighted by Gasteiger charge is 2.53. The van der Waals surface area contributed by atoms with Crippen molar-refractivity contribution in [3.8, 4) is 5.75 Å². The van der Waals surface area contributed by atoms with Gasteiger partial charge in [0.05, 0.1) is 23.9 Å². The summed E-state index contributed by atoms with van der Waals surface area (Å²) in [5.41, 5.74) is -0.606. The number of hydrogen-bond acceptors (Lipinski definition) is 7. The van der Waals surface area contributed by atoms with Crippen LogP contribution in [0.25, 0.3) is 0 Å². The molecule has 4 rings (SSSR count). The van der Waals surface area contributed by atoms with Crippen LogP contribution in [0.15, 0.2) is 60.7 Å². The van der Waals surface area contributed by atoms with Gasteiger partial charge >= 0.3 is 0 Å². The Morgan fingerprint density at radius 2 is 1.80 bits per heavy atom. The van der Waals surface area contributed by atoms with Gasteiger partial charge in [-0.05, 0) is 42.7 Å². The van der Waals surface area contributed by atoms with E-state index in [9.17, 15) is 29.3 Å². The van der Waals surface area contributed by atoms with Crippen LogP contribution < -0.4 is 4.74 Å². The van der Waals surface area contributed by atoms with Gasteiger partial charge in [0, 0.05) is 11.6 Å². The lowest BCUT2D eigenvalue weighted by atomic mass is 9.78. The Morgan fingerprint density at radius 3 is 2.43 bits per heavy atom. The number of benzene rings is 2. The Balaban J connectivity index is 1.74. The van der Waals surface area contributed by atoms with Gasteiger partial charge in [0.1, 0.15) is 17.9 Å². The van der Waals surface area contributed by atoms with Crippen LogP contribution in [-0.2, 0) is 9.59 Å². The number of imide groups is 1. The number of amides is 3. The van der Waals surface area contributed by atoms with Crippen molar-refractivity contribution in [1.82, 2.24) is 10.0 Å². The molecule has 1 aliphatic heterocycles. The fourth-order valence-corrected chi connectivity index (χ4v) is 4.56. The number of para-hydroxylation sites is 1. The molecular formula is C25H23N3O7. The highest BCUT2D eigenvalue weighted by molar-refractivity contribution is 6.10. The SMILES string of the molecule is COc1ccc(C(=O)CN(C(=O)c2ccccc2[N+](=O)[O-])N2C(=O)[C@@H]3[C@@H](C)C=CC[C@H]3C2=O)cc1. The minimum absolute atomic E-state index is 0.220. The van der Waals surface area contributed by atoms with E-state index >= 15 is 0 Å². The molecule has 2 aromatic carbocycles. The number of Topliss-reactive ketones (excluding diaryl/α,β-unsaturated/α-hetero) is 1. The van der Waals surface area contributed by atoms with E-state index in [0.29, 0.717) is 17.2 Å². The van der Waals surface area contributed by atoms with Crippen molar-refractivity contribution in [2.24, 2.45) is 17.8 Å². The normalized spacial score (nSPS) is 21.0. The first-order valence-corrected chi connectivity index (χ1v) is 11.0. The molecule has 1 fully saturated rings. The van der Waals surface area contributed by atoms with E-state index in [1.165, 1.54) is 37.4 Å². The number of carbonyl (C=O) groups is 4. The van der Waals surface area contributed by atoms with Gasteiger partial charge in [-0.3, -0.25) is 29.3 Å². The van der Waals surface area contributed by atoms with Gasteiger partial charge in [-0.2, -0.15) is 5.01 Å². The number of hydrazine groups is 1. The summed E-state index contributed by atoms with van der Waals surface area (Å²) in [6.07, 6.45) is 3.99. The summed E-state index contributed by atoms with van der Waals surface area (Å²) in [7, 11) is 1.48. The fraction of sp³-hybridized carbons (Fsp3) is 0.280. The van der Waals surface area contributed by atoms with Crippen molar-refractivity contribution in [1.29, 1.82) is 0 Å². The molecule has 0 spiro atoms. The number of nitro benzene ring substituents is 1. The average Bonchev–Trinajstić information content (AvgIpc) is 3.12. The zero-order valence-corrected chi connectivity index (χ0v) is 19.1. The molecule has 0 saturated carbocycles. The molecule has 1 heterocycles. The van der Waals surface area contributed by atoms with Crippen LogP contribution in [0.4, 0.5) is 5.69 Å². The van der Waals surface area contributed by atoms with Crippen molar-refractivity contribution in [2.45, 2.75) is 13.3 Å². The first-order valence-electron chi connectivity index (χ1n) is 11.0. The smallest absolute Gasteiger partial charge is 0.282 e. The zero-order valence-electron chi connectivity index (χ0n) is 19.1. The van der Waals surface area contributed by atoms with Gasteiger partial charge in [0.25, 0.3) is 23.4 Å². The maximum atomic E-state index is 13.6. The summed E-state index contributed by atoms with van der Waals surface area (Å²) < 4.78 is 5.09. The average molecular weight is 477 g/mol. The fourth-order valence-electron chi connectivity index (χ4n) is 4.56. The van der Waals surface area contributed by atoms with E-state index in [0.717, 1.165) is 11.1 Å². The molecule has 2 aromatic rings. The Bertz CT molecular complexity index is 1240. The molecule has 2 aliphatic rings. The van der Waals surface area contributed by atoms with E-state index in [1.807, 2.05) is 12.2 Å². The summed E-state index contributed by atoms with van der Waals surface area (Å²) in [5, 5.41) is 13.0. The summed E-state index contributed by atoms with van der Waals surface area (Å²) in [5.74, 6) is -3.82. The molecule has 0 radical (unpaired) electrons. The van der Waals surface area contributed by atoms with E-state index in [1.54, 1.807) is 19.1 Å². The van der Waals surface area contributed by atoms with Gasteiger partial charge in [-0.25, -0.2) is 5.01 Å². The highest BCUT2D eigenvalue weighted by Crippen LogP contribution is 2.39. The third kappa shape index (κ3) is 4.30. The highest BCUT2D eigenvalue weighted by atomic mass is 16.6. The molecule has 10 heteroatoms. The van der Waals surface area contributed by atoms with Crippen molar-refractivity contribution < 1.29 is 28.8 Å². The maximum Gasteiger partial charge on any atom is 0.282 e. The summed E-state index contributed by atoms with van der Waals surface area (Å²) in [4.78, 5) is 64.2. The van der Waals surface area contributed by atoms with Gasteiger partial charge in [0.2, 0.25) is 0 Å². The molecule has 0 unspecified atom stereocenters. The standard InChI is InChI=1S/C25H23N3O7/c1-15-6-5-8-19-22(15)25(32)27(24(19)31)26(14-21(29)16-10-12-17(35-2)13-11-16)23(30)18-7-3-4-9-20(18)28(33)34/h3-7,9-13,15,19,22H,8,14H2,1-2H3/t15-,19+,22+/m0/s1. The minimum atomic E-state index is -0.986.